The molecule has 0 aliphatic carbocycles. The van der Waals surface area contributed by atoms with Crippen LogP contribution in [0.3, 0.4) is 0 Å². The van der Waals surface area contributed by atoms with E-state index in [0.717, 1.165) is 0 Å². The van der Waals surface area contributed by atoms with Gasteiger partial charge in [0.1, 0.15) is 10.8 Å². The molecule has 0 aromatic heterocycles. The maximum atomic E-state index is 13.3. The van der Waals surface area contributed by atoms with Crippen molar-refractivity contribution in [2.75, 3.05) is 27.7 Å². The van der Waals surface area contributed by atoms with Crippen molar-refractivity contribution in [1.82, 2.24) is 9.80 Å². The topological polar surface area (TPSA) is 49.6 Å². The molecule has 1 amide bonds. The number of carbonyl (C=O) groups excluding carboxylic acids is 1. The Labute approximate surface area is 118 Å². The van der Waals surface area contributed by atoms with Crippen LogP contribution in [-0.4, -0.2) is 48.4 Å². The molecule has 104 valence electrons. The van der Waals surface area contributed by atoms with E-state index in [-0.39, 0.29) is 23.3 Å². The minimum atomic E-state index is -0.345. The van der Waals surface area contributed by atoms with E-state index in [9.17, 15) is 9.18 Å². The lowest BCUT2D eigenvalue weighted by molar-refractivity contribution is -0.129. The quantitative estimate of drug-likeness (QED) is 0.819. The predicted octanol–water partition coefficient (Wildman–Crippen LogP) is 0.980. The van der Waals surface area contributed by atoms with Gasteiger partial charge in [0, 0.05) is 26.2 Å². The zero-order valence-corrected chi connectivity index (χ0v) is 12.1. The molecule has 0 aliphatic rings. The molecule has 1 aromatic rings. The molecule has 1 aromatic carbocycles. The van der Waals surface area contributed by atoms with Crippen LogP contribution in [0.2, 0.25) is 0 Å². The summed E-state index contributed by atoms with van der Waals surface area (Å²) in [5.41, 5.74) is 6.93. The van der Waals surface area contributed by atoms with E-state index in [2.05, 4.69) is 0 Å². The molecular formula is C13H18FN3OS. The van der Waals surface area contributed by atoms with Crippen LogP contribution in [0.5, 0.6) is 0 Å². The number of thiocarbonyl (C=S) groups is 1. The van der Waals surface area contributed by atoms with E-state index in [1.165, 1.54) is 17.0 Å². The van der Waals surface area contributed by atoms with E-state index >= 15 is 0 Å². The second kappa shape index (κ2) is 6.58. The van der Waals surface area contributed by atoms with Crippen LogP contribution in [0.15, 0.2) is 18.2 Å². The minimum absolute atomic E-state index is 0.0178. The lowest BCUT2D eigenvalue weighted by Crippen LogP contribution is -2.34. The molecule has 4 nitrogen and oxygen atoms in total. The highest BCUT2D eigenvalue weighted by Gasteiger charge is 2.12. The van der Waals surface area contributed by atoms with Gasteiger partial charge in [-0.15, -0.1) is 0 Å². The predicted molar refractivity (Wildman–Crippen MR) is 77.3 cm³/mol. The van der Waals surface area contributed by atoms with Gasteiger partial charge in [-0.3, -0.25) is 9.69 Å². The molecule has 6 heteroatoms. The molecule has 0 saturated carbocycles. The molecule has 0 unspecified atom stereocenters. The standard InChI is InChI=1S/C13H18FN3OS/c1-16(2)12(18)8-17(3)7-9-6-10(14)4-5-11(9)13(15)19/h4-6H,7-8H2,1-3H3,(H2,15,19). The number of hydrogen-bond donors (Lipinski definition) is 1. The van der Waals surface area contributed by atoms with Crippen molar-refractivity contribution in [3.8, 4) is 0 Å². The van der Waals surface area contributed by atoms with Crippen molar-refractivity contribution < 1.29 is 9.18 Å². The molecule has 19 heavy (non-hydrogen) atoms. The molecule has 0 aliphatic heterocycles. The summed E-state index contributed by atoms with van der Waals surface area (Å²) in [7, 11) is 5.17. The molecule has 0 spiro atoms. The van der Waals surface area contributed by atoms with Crippen LogP contribution >= 0.6 is 12.2 Å². The number of carbonyl (C=O) groups is 1. The Hall–Kier alpha value is -1.53. The summed E-state index contributed by atoms with van der Waals surface area (Å²) < 4.78 is 13.3. The van der Waals surface area contributed by atoms with Crippen LogP contribution in [0.1, 0.15) is 11.1 Å². The molecule has 0 heterocycles. The van der Waals surface area contributed by atoms with E-state index in [1.54, 1.807) is 32.1 Å². The Kier molecular flexibility index (Phi) is 5.38. The normalized spacial score (nSPS) is 10.6. The van der Waals surface area contributed by atoms with Gasteiger partial charge in [-0.05, 0) is 30.8 Å². The SMILES string of the molecule is CN(CC(=O)N(C)C)Cc1cc(F)ccc1C(N)=S. The van der Waals surface area contributed by atoms with Gasteiger partial charge in [0.25, 0.3) is 0 Å². The first-order valence-corrected chi connectivity index (χ1v) is 6.19. The van der Waals surface area contributed by atoms with E-state index in [4.69, 9.17) is 18.0 Å². The zero-order chi connectivity index (χ0) is 14.6. The highest BCUT2D eigenvalue weighted by Crippen LogP contribution is 2.13. The fraction of sp³-hybridized carbons (Fsp3) is 0.385. The van der Waals surface area contributed by atoms with Crippen LogP contribution in [0.4, 0.5) is 4.39 Å². The Morgan fingerprint density at radius 2 is 2.00 bits per heavy atom. The van der Waals surface area contributed by atoms with Crippen molar-refractivity contribution in [1.29, 1.82) is 0 Å². The average Bonchev–Trinajstić information content (AvgIpc) is 2.27. The van der Waals surface area contributed by atoms with Crippen LogP contribution < -0.4 is 5.73 Å². The Balaban J connectivity index is 2.83. The summed E-state index contributed by atoms with van der Waals surface area (Å²) in [4.78, 5) is 15.1. The Bertz CT molecular complexity index is 491. The Morgan fingerprint density at radius 3 is 2.53 bits per heavy atom. The first kappa shape index (κ1) is 15.5. The van der Waals surface area contributed by atoms with Crippen molar-refractivity contribution in [2.24, 2.45) is 5.73 Å². The third kappa shape index (κ3) is 4.57. The number of benzene rings is 1. The van der Waals surface area contributed by atoms with E-state index in [0.29, 0.717) is 17.7 Å². The summed E-state index contributed by atoms with van der Waals surface area (Å²) in [5.74, 6) is -0.363. The number of rotatable bonds is 5. The van der Waals surface area contributed by atoms with Crippen molar-refractivity contribution in [3.63, 3.8) is 0 Å². The monoisotopic (exact) mass is 283 g/mol. The maximum Gasteiger partial charge on any atom is 0.236 e. The number of hydrogen-bond acceptors (Lipinski definition) is 3. The highest BCUT2D eigenvalue weighted by molar-refractivity contribution is 7.80. The van der Waals surface area contributed by atoms with E-state index in [1.807, 2.05) is 0 Å². The third-order valence-electron chi connectivity index (χ3n) is 2.68. The lowest BCUT2D eigenvalue weighted by Gasteiger charge is -2.20. The summed E-state index contributed by atoms with van der Waals surface area (Å²) in [6.45, 7) is 0.657. The van der Waals surface area contributed by atoms with Gasteiger partial charge in [0.15, 0.2) is 0 Å². The number of nitrogens with zero attached hydrogens (tertiary/aromatic N) is 2. The molecule has 0 saturated heterocycles. The number of likely N-dealkylation sites (N-methyl/N-ethyl adjacent to an activating group) is 2. The number of amides is 1. The second-order valence-corrected chi connectivity index (χ2v) is 5.07. The molecular weight excluding hydrogens is 265 g/mol. The van der Waals surface area contributed by atoms with Gasteiger partial charge in [-0.25, -0.2) is 4.39 Å². The van der Waals surface area contributed by atoms with Crippen molar-refractivity contribution >= 4 is 23.1 Å². The number of nitrogens with two attached hydrogens (primary N) is 1. The van der Waals surface area contributed by atoms with E-state index < -0.39 is 0 Å². The fourth-order valence-electron chi connectivity index (χ4n) is 1.65. The lowest BCUT2D eigenvalue weighted by atomic mass is 10.1. The summed E-state index contributed by atoms with van der Waals surface area (Å²) in [6.07, 6.45) is 0. The second-order valence-electron chi connectivity index (χ2n) is 4.63. The van der Waals surface area contributed by atoms with Crippen LogP contribution in [0.25, 0.3) is 0 Å². The first-order valence-electron chi connectivity index (χ1n) is 5.78. The molecule has 0 atom stereocenters. The smallest absolute Gasteiger partial charge is 0.236 e. The van der Waals surface area contributed by atoms with Crippen LogP contribution in [-0.2, 0) is 11.3 Å². The Morgan fingerprint density at radius 1 is 1.37 bits per heavy atom. The average molecular weight is 283 g/mol. The van der Waals surface area contributed by atoms with Gasteiger partial charge < -0.3 is 10.6 Å². The molecule has 0 fully saturated rings. The number of halogens is 1. The zero-order valence-electron chi connectivity index (χ0n) is 11.3. The molecule has 2 N–H and O–H groups in total. The van der Waals surface area contributed by atoms with Gasteiger partial charge in [-0.1, -0.05) is 12.2 Å². The molecule has 0 radical (unpaired) electrons. The molecule has 1 rings (SSSR count). The minimum Gasteiger partial charge on any atom is -0.389 e. The summed E-state index contributed by atoms with van der Waals surface area (Å²) in [5, 5.41) is 0. The summed E-state index contributed by atoms with van der Waals surface area (Å²) in [6, 6.07) is 4.28. The van der Waals surface area contributed by atoms with Gasteiger partial charge in [0.2, 0.25) is 5.91 Å². The highest BCUT2D eigenvalue weighted by atomic mass is 32.1. The fourth-order valence-corrected chi connectivity index (χ4v) is 1.85. The van der Waals surface area contributed by atoms with Gasteiger partial charge in [0.05, 0.1) is 6.54 Å². The maximum absolute atomic E-state index is 13.3. The van der Waals surface area contributed by atoms with Gasteiger partial charge in [-0.2, -0.15) is 0 Å². The van der Waals surface area contributed by atoms with Crippen molar-refractivity contribution in [2.45, 2.75) is 6.54 Å². The largest absolute Gasteiger partial charge is 0.389 e. The van der Waals surface area contributed by atoms with Gasteiger partial charge >= 0.3 is 0 Å². The first-order chi connectivity index (χ1) is 8.81. The van der Waals surface area contributed by atoms with Crippen LogP contribution in [0, 0.1) is 5.82 Å². The third-order valence-corrected chi connectivity index (χ3v) is 2.90. The summed E-state index contributed by atoms with van der Waals surface area (Å²) >= 11 is 4.94. The molecule has 0 bridgehead atoms. The van der Waals surface area contributed by atoms with Crippen molar-refractivity contribution in [3.05, 3.63) is 35.1 Å².